The Labute approximate surface area is 125 Å². The van der Waals surface area contributed by atoms with Crippen LogP contribution in [0.4, 0.5) is 0 Å². The van der Waals surface area contributed by atoms with Crippen molar-refractivity contribution in [3.8, 4) is 0 Å². The molecule has 0 saturated carbocycles. The van der Waals surface area contributed by atoms with Crippen LogP contribution in [-0.2, 0) is 13.1 Å². The summed E-state index contributed by atoms with van der Waals surface area (Å²) in [5.41, 5.74) is 2.80. The molecule has 2 aromatic heterocycles. The highest BCUT2D eigenvalue weighted by Crippen LogP contribution is 2.08. The molecule has 2 heterocycles. The highest BCUT2D eigenvalue weighted by Gasteiger charge is 2.05. The molecule has 0 atom stereocenters. The van der Waals surface area contributed by atoms with Gasteiger partial charge in [-0.3, -0.25) is 4.79 Å². The third-order valence-corrected chi connectivity index (χ3v) is 3.72. The van der Waals surface area contributed by atoms with E-state index in [1.54, 1.807) is 22.3 Å². The lowest BCUT2D eigenvalue weighted by atomic mass is 10.1. The van der Waals surface area contributed by atoms with Crippen LogP contribution in [0.2, 0.25) is 0 Å². The summed E-state index contributed by atoms with van der Waals surface area (Å²) in [5.74, 6) is -0.0739. The first kappa shape index (κ1) is 13.4. The van der Waals surface area contributed by atoms with Crippen molar-refractivity contribution in [2.24, 2.45) is 0 Å². The number of tetrazole rings is 1. The zero-order chi connectivity index (χ0) is 14.5. The van der Waals surface area contributed by atoms with E-state index in [4.69, 9.17) is 0 Å². The van der Waals surface area contributed by atoms with Gasteiger partial charge in [-0.15, -0.1) is 5.10 Å². The molecule has 6 nitrogen and oxygen atoms in total. The molecule has 0 spiro atoms. The van der Waals surface area contributed by atoms with Gasteiger partial charge in [-0.05, 0) is 50.5 Å². The predicted molar refractivity (Wildman–Crippen MR) is 78.9 cm³/mol. The maximum absolute atomic E-state index is 12.0. The van der Waals surface area contributed by atoms with E-state index in [0.29, 0.717) is 18.7 Å². The smallest absolute Gasteiger partial charge is 0.251 e. The van der Waals surface area contributed by atoms with Gasteiger partial charge < -0.3 is 5.32 Å². The zero-order valence-corrected chi connectivity index (χ0v) is 12.0. The molecule has 1 amide bonds. The van der Waals surface area contributed by atoms with Crippen LogP contribution in [0, 0.1) is 0 Å². The van der Waals surface area contributed by atoms with Crippen molar-refractivity contribution in [2.75, 3.05) is 0 Å². The van der Waals surface area contributed by atoms with E-state index in [-0.39, 0.29) is 5.91 Å². The Bertz CT molecular complexity index is 692. The standard InChI is InChI=1S/C14H13N5OS/c20-14(15-7-12-5-6-21-9-12)13-3-1-11(2-4-13)8-19-10-16-17-18-19/h1-6,9-10H,7-8H2,(H,15,20). The lowest BCUT2D eigenvalue weighted by Gasteiger charge is -2.05. The van der Waals surface area contributed by atoms with Crippen LogP contribution >= 0.6 is 11.3 Å². The van der Waals surface area contributed by atoms with E-state index < -0.39 is 0 Å². The Balaban J connectivity index is 1.59. The van der Waals surface area contributed by atoms with Gasteiger partial charge >= 0.3 is 0 Å². The van der Waals surface area contributed by atoms with E-state index in [1.807, 2.05) is 41.1 Å². The number of rotatable bonds is 5. The number of nitrogens with zero attached hydrogens (tertiary/aromatic N) is 4. The van der Waals surface area contributed by atoms with E-state index in [1.165, 1.54) is 0 Å². The molecule has 0 aliphatic rings. The summed E-state index contributed by atoms with van der Waals surface area (Å²) in [5, 5.41) is 17.9. The Hall–Kier alpha value is -2.54. The molecular formula is C14H13N5OS. The Morgan fingerprint density at radius 2 is 2.05 bits per heavy atom. The van der Waals surface area contributed by atoms with Crippen LogP contribution in [0.5, 0.6) is 0 Å². The van der Waals surface area contributed by atoms with Crippen molar-refractivity contribution in [1.29, 1.82) is 0 Å². The van der Waals surface area contributed by atoms with E-state index >= 15 is 0 Å². The van der Waals surface area contributed by atoms with Gasteiger partial charge in [-0.2, -0.15) is 11.3 Å². The lowest BCUT2D eigenvalue weighted by molar-refractivity contribution is 0.0951. The molecule has 0 radical (unpaired) electrons. The lowest BCUT2D eigenvalue weighted by Crippen LogP contribution is -2.22. The van der Waals surface area contributed by atoms with Crippen molar-refractivity contribution >= 4 is 17.2 Å². The number of thiophene rings is 1. The largest absolute Gasteiger partial charge is 0.348 e. The van der Waals surface area contributed by atoms with Crippen LogP contribution in [0.25, 0.3) is 0 Å². The number of carbonyl (C=O) groups excluding carboxylic acids is 1. The van der Waals surface area contributed by atoms with E-state index in [2.05, 4.69) is 20.8 Å². The summed E-state index contributed by atoms with van der Waals surface area (Å²) in [6.45, 7) is 1.14. The molecule has 0 bridgehead atoms. The van der Waals surface area contributed by atoms with E-state index in [9.17, 15) is 4.79 Å². The minimum Gasteiger partial charge on any atom is -0.348 e. The minimum atomic E-state index is -0.0739. The molecule has 3 rings (SSSR count). The summed E-state index contributed by atoms with van der Waals surface area (Å²) in [6.07, 6.45) is 1.56. The van der Waals surface area contributed by atoms with Gasteiger partial charge in [0.1, 0.15) is 6.33 Å². The third-order valence-electron chi connectivity index (χ3n) is 2.99. The maximum Gasteiger partial charge on any atom is 0.251 e. The fraction of sp³-hybridized carbons (Fsp3) is 0.143. The first-order chi connectivity index (χ1) is 10.3. The predicted octanol–water partition coefficient (Wildman–Crippen LogP) is 1.71. The van der Waals surface area contributed by atoms with E-state index in [0.717, 1.165) is 11.1 Å². The maximum atomic E-state index is 12.0. The SMILES string of the molecule is O=C(NCc1ccsc1)c1ccc(Cn2cnnn2)cc1. The molecular weight excluding hydrogens is 286 g/mol. The number of carbonyl (C=O) groups is 1. The highest BCUT2D eigenvalue weighted by atomic mass is 32.1. The average Bonchev–Trinajstić information content (AvgIpc) is 3.19. The monoisotopic (exact) mass is 299 g/mol. The molecule has 7 heteroatoms. The van der Waals surface area contributed by atoms with Crippen molar-refractivity contribution in [2.45, 2.75) is 13.1 Å². The van der Waals surface area contributed by atoms with Crippen molar-refractivity contribution < 1.29 is 4.79 Å². The first-order valence-corrected chi connectivity index (χ1v) is 7.34. The van der Waals surface area contributed by atoms with Crippen LogP contribution in [0.15, 0.2) is 47.4 Å². The molecule has 1 N–H and O–H groups in total. The average molecular weight is 299 g/mol. The number of nitrogens with one attached hydrogen (secondary N) is 1. The number of amides is 1. The second kappa shape index (κ2) is 6.27. The highest BCUT2D eigenvalue weighted by molar-refractivity contribution is 7.07. The Kier molecular flexibility index (Phi) is 4.02. The van der Waals surface area contributed by atoms with Crippen LogP contribution < -0.4 is 5.32 Å². The summed E-state index contributed by atoms with van der Waals surface area (Å²) in [6, 6.07) is 9.42. The molecule has 0 fully saturated rings. The van der Waals surface area contributed by atoms with Gasteiger partial charge in [0.25, 0.3) is 5.91 Å². The number of aromatic nitrogens is 4. The normalized spacial score (nSPS) is 10.5. The van der Waals surface area contributed by atoms with Gasteiger partial charge in [-0.1, -0.05) is 12.1 Å². The fourth-order valence-corrected chi connectivity index (χ4v) is 2.55. The molecule has 3 aromatic rings. The molecule has 106 valence electrons. The minimum absolute atomic E-state index is 0.0739. The molecule has 0 aliphatic heterocycles. The van der Waals surface area contributed by atoms with Gasteiger partial charge in [0.15, 0.2) is 0 Å². The Morgan fingerprint density at radius 3 is 2.71 bits per heavy atom. The van der Waals surface area contributed by atoms with Crippen molar-refractivity contribution in [3.05, 3.63) is 64.1 Å². The summed E-state index contributed by atoms with van der Waals surface area (Å²) < 4.78 is 1.63. The summed E-state index contributed by atoms with van der Waals surface area (Å²) in [4.78, 5) is 12.0. The number of hydrogen-bond donors (Lipinski definition) is 1. The second-order valence-electron chi connectivity index (χ2n) is 4.52. The van der Waals surface area contributed by atoms with Gasteiger partial charge in [0.2, 0.25) is 0 Å². The van der Waals surface area contributed by atoms with Gasteiger partial charge in [0.05, 0.1) is 6.54 Å². The molecule has 21 heavy (non-hydrogen) atoms. The van der Waals surface area contributed by atoms with Crippen molar-refractivity contribution in [1.82, 2.24) is 25.5 Å². The quantitative estimate of drug-likeness (QED) is 0.778. The second-order valence-corrected chi connectivity index (χ2v) is 5.30. The van der Waals surface area contributed by atoms with Crippen LogP contribution in [0.3, 0.4) is 0 Å². The fourth-order valence-electron chi connectivity index (χ4n) is 1.88. The van der Waals surface area contributed by atoms with Gasteiger partial charge in [-0.25, -0.2) is 4.68 Å². The van der Waals surface area contributed by atoms with Crippen LogP contribution in [-0.4, -0.2) is 26.1 Å². The Morgan fingerprint density at radius 1 is 1.19 bits per heavy atom. The molecule has 0 aliphatic carbocycles. The number of hydrogen-bond acceptors (Lipinski definition) is 5. The topological polar surface area (TPSA) is 72.7 Å². The van der Waals surface area contributed by atoms with Gasteiger partial charge in [0, 0.05) is 12.1 Å². The number of benzene rings is 1. The first-order valence-electron chi connectivity index (χ1n) is 6.40. The van der Waals surface area contributed by atoms with Crippen LogP contribution in [0.1, 0.15) is 21.5 Å². The summed E-state index contributed by atoms with van der Waals surface area (Å²) >= 11 is 1.62. The third kappa shape index (κ3) is 3.51. The molecule has 0 unspecified atom stereocenters. The molecule has 1 aromatic carbocycles. The molecule has 0 saturated heterocycles. The van der Waals surface area contributed by atoms with Crippen molar-refractivity contribution in [3.63, 3.8) is 0 Å². The zero-order valence-electron chi connectivity index (χ0n) is 11.1. The summed E-state index contributed by atoms with van der Waals surface area (Å²) in [7, 11) is 0.